The van der Waals surface area contributed by atoms with E-state index in [4.69, 9.17) is 0 Å². The van der Waals surface area contributed by atoms with E-state index in [1.54, 1.807) is 11.8 Å². The highest BCUT2D eigenvalue weighted by Crippen LogP contribution is 2.25. The molecule has 150 valence electrons. The van der Waals surface area contributed by atoms with Crippen LogP contribution < -0.4 is 5.32 Å². The van der Waals surface area contributed by atoms with E-state index in [9.17, 15) is 13.2 Å². The van der Waals surface area contributed by atoms with Crippen LogP contribution in [-0.2, 0) is 20.6 Å². The van der Waals surface area contributed by atoms with Gasteiger partial charge in [0.15, 0.2) is 0 Å². The minimum Gasteiger partial charge on any atom is -0.326 e. The number of aryl methyl sites for hydroxylation is 1. The fraction of sp³-hybridized carbons (Fsp3) is 0.381. The molecule has 0 aliphatic carbocycles. The van der Waals surface area contributed by atoms with Crippen molar-refractivity contribution in [1.82, 2.24) is 4.31 Å². The van der Waals surface area contributed by atoms with E-state index in [0.717, 1.165) is 21.7 Å². The maximum atomic E-state index is 12.8. The lowest BCUT2D eigenvalue weighted by Gasteiger charge is -2.30. The molecule has 2 aromatic rings. The molecule has 1 saturated heterocycles. The number of carbonyl (C=O) groups is 1. The van der Waals surface area contributed by atoms with Crippen LogP contribution in [0.15, 0.2) is 53.4 Å². The zero-order chi connectivity index (χ0) is 20.1. The molecule has 0 bridgehead atoms. The molecule has 0 saturated carbocycles. The van der Waals surface area contributed by atoms with Gasteiger partial charge in [-0.2, -0.15) is 0 Å². The van der Waals surface area contributed by atoms with Crippen LogP contribution in [0.25, 0.3) is 0 Å². The van der Waals surface area contributed by atoms with Crippen molar-refractivity contribution in [3.63, 3.8) is 0 Å². The first-order chi connectivity index (χ1) is 13.4. The zero-order valence-corrected chi connectivity index (χ0v) is 17.9. The molecule has 5 nitrogen and oxygen atoms in total. The van der Waals surface area contributed by atoms with Crippen LogP contribution in [0.2, 0.25) is 0 Å². The Morgan fingerprint density at radius 1 is 1.14 bits per heavy atom. The molecule has 0 atom stereocenters. The van der Waals surface area contributed by atoms with Crippen LogP contribution in [0.4, 0.5) is 5.69 Å². The molecule has 28 heavy (non-hydrogen) atoms. The van der Waals surface area contributed by atoms with Gasteiger partial charge in [0, 0.05) is 29.6 Å². The van der Waals surface area contributed by atoms with Crippen LogP contribution >= 0.6 is 11.8 Å². The van der Waals surface area contributed by atoms with Crippen molar-refractivity contribution >= 4 is 33.4 Å². The van der Waals surface area contributed by atoms with E-state index >= 15 is 0 Å². The smallest absolute Gasteiger partial charge is 0.227 e. The third-order valence-corrected chi connectivity index (χ3v) is 7.71. The molecule has 1 N–H and O–H groups in total. The van der Waals surface area contributed by atoms with E-state index in [1.807, 2.05) is 61.7 Å². The zero-order valence-electron chi connectivity index (χ0n) is 16.2. The van der Waals surface area contributed by atoms with Gasteiger partial charge in [0.1, 0.15) is 0 Å². The third kappa shape index (κ3) is 5.16. The van der Waals surface area contributed by atoms with Crippen molar-refractivity contribution in [2.45, 2.75) is 30.4 Å². The van der Waals surface area contributed by atoms with E-state index < -0.39 is 10.0 Å². The molecule has 1 aliphatic rings. The first kappa shape index (κ1) is 20.9. The molecule has 0 aromatic heterocycles. The van der Waals surface area contributed by atoms with Crippen LogP contribution in [0, 0.1) is 12.8 Å². The SMILES string of the molecule is CSc1cccc(NC(=O)C2CCN(S(=O)(=O)Cc3ccccc3C)CC2)c1. The summed E-state index contributed by atoms with van der Waals surface area (Å²) in [6.07, 6.45) is 3.08. The quantitative estimate of drug-likeness (QED) is 0.723. The van der Waals surface area contributed by atoms with Crippen molar-refractivity contribution in [2.24, 2.45) is 5.92 Å². The average molecular weight is 419 g/mol. The number of thioether (sulfide) groups is 1. The first-order valence-electron chi connectivity index (χ1n) is 9.36. The highest BCUT2D eigenvalue weighted by atomic mass is 32.2. The summed E-state index contributed by atoms with van der Waals surface area (Å²) >= 11 is 1.63. The normalized spacial score (nSPS) is 16.1. The Morgan fingerprint density at radius 3 is 2.54 bits per heavy atom. The molecule has 1 amide bonds. The number of hydrogen-bond donors (Lipinski definition) is 1. The number of benzene rings is 2. The molecular weight excluding hydrogens is 392 g/mol. The number of nitrogens with zero attached hydrogens (tertiary/aromatic N) is 1. The molecule has 3 rings (SSSR count). The monoisotopic (exact) mass is 418 g/mol. The van der Waals surface area contributed by atoms with Gasteiger partial charge in [-0.25, -0.2) is 12.7 Å². The van der Waals surface area contributed by atoms with Gasteiger partial charge in [0.25, 0.3) is 0 Å². The second-order valence-electron chi connectivity index (χ2n) is 7.08. The number of hydrogen-bond acceptors (Lipinski definition) is 4. The number of piperidine rings is 1. The molecule has 1 aliphatic heterocycles. The van der Waals surface area contributed by atoms with Crippen LogP contribution in [0.3, 0.4) is 0 Å². The third-order valence-electron chi connectivity index (χ3n) is 5.15. The number of sulfonamides is 1. The highest BCUT2D eigenvalue weighted by Gasteiger charge is 2.31. The number of carbonyl (C=O) groups excluding carboxylic acids is 1. The standard InChI is InChI=1S/C21H26N2O3S2/c1-16-6-3-4-7-18(16)15-28(25,26)23-12-10-17(11-13-23)21(24)22-19-8-5-9-20(14-19)27-2/h3-9,14,17H,10-13,15H2,1-2H3,(H,22,24). The fourth-order valence-corrected chi connectivity index (χ4v) is 5.53. The number of nitrogens with one attached hydrogen (secondary N) is 1. The number of amides is 1. The van der Waals surface area contributed by atoms with E-state index in [1.165, 1.54) is 4.31 Å². The Labute approximate surface area is 171 Å². The van der Waals surface area contributed by atoms with Crippen molar-refractivity contribution in [2.75, 3.05) is 24.7 Å². The predicted molar refractivity (Wildman–Crippen MR) is 115 cm³/mol. The van der Waals surface area contributed by atoms with Gasteiger partial charge in [0.05, 0.1) is 5.75 Å². The molecular formula is C21H26N2O3S2. The Balaban J connectivity index is 1.57. The molecule has 0 radical (unpaired) electrons. The van der Waals surface area contributed by atoms with Gasteiger partial charge in [-0.3, -0.25) is 4.79 Å². The molecule has 0 spiro atoms. The summed E-state index contributed by atoms with van der Waals surface area (Å²) < 4.78 is 27.1. The van der Waals surface area contributed by atoms with Gasteiger partial charge >= 0.3 is 0 Å². The van der Waals surface area contributed by atoms with E-state index in [-0.39, 0.29) is 17.6 Å². The molecule has 2 aromatic carbocycles. The van der Waals surface area contributed by atoms with Crippen molar-refractivity contribution in [3.8, 4) is 0 Å². The van der Waals surface area contributed by atoms with E-state index in [0.29, 0.717) is 25.9 Å². The lowest BCUT2D eigenvalue weighted by atomic mass is 9.97. The largest absolute Gasteiger partial charge is 0.326 e. The minimum atomic E-state index is -3.38. The molecule has 1 heterocycles. The molecule has 7 heteroatoms. The van der Waals surface area contributed by atoms with Crippen molar-refractivity contribution < 1.29 is 13.2 Å². The summed E-state index contributed by atoms with van der Waals surface area (Å²) in [5.74, 6) is -0.185. The van der Waals surface area contributed by atoms with Crippen LogP contribution in [0.5, 0.6) is 0 Å². The summed E-state index contributed by atoms with van der Waals surface area (Å²) in [5.41, 5.74) is 2.59. The maximum Gasteiger partial charge on any atom is 0.227 e. The summed E-state index contributed by atoms with van der Waals surface area (Å²) in [5, 5.41) is 2.97. The van der Waals surface area contributed by atoms with Gasteiger partial charge < -0.3 is 5.32 Å². The minimum absolute atomic E-state index is 0.0119. The Morgan fingerprint density at radius 2 is 1.86 bits per heavy atom. The Hall–Kier alpha value is -1.83. The van der Waals surface area contributed by atoms with Gasteiger partial charge in [-0.05, 0) is 55.3 Å². The fourth-order valence-electron chi connectivity index (χ4n) is 3.40. The average Bonchev–Trinajstić information content (AvgIpc) is 2.70. The lowest BCUT2D eigenvalue weighted by molar-refractivity contribution is -0.120. The first-order valence-corrected chi connectivity index (χ1v) is 12.2. The van der Waals surface area contributed by atoms with Crippen LogP contribution in [0.1, 0.15) is 24.0 Å². The topological polar surface area (TPSA) is 66.5 Å². The maximum absolute atomic E-state index is 12.8. The van der Waals surface area contributed by atoms with Gasteiger partial charge in [-0.15, -0.1) is 11.8 Å². The Kier molecular flexibility index (Phi) is 6.80. The van der Waals surface area contributed by atoms with Crippen LogP contribution in [-0.4, -0.2) is 38.0 Å². The number of rotatable bonds is 6. The second kappa shape index (κ2) is 9.11. The summed E-state index contributed by atoms with van der Waals surface area (Å²) in [6.45, 7) is 2.70. The van der Waals surface area contributed by atoms with Crippen molar-refractivity contribution in [3.05, 3.63) is 59.7 Å². The summed E-state index contributed by atoms with van der Waals surface area (Å²) in [4.78, 5) is 13.7. The van der Waals surface area contributed by atoms with Gasteiger partial charge in [0.2, 0.25) is 15.9 Å². The van der Waals surface area contributed by atoms with E-state index in [2.05, 4.69) is 5.32 Å². The second-order valence-corrected chi connectivity index (χ2v) is 9.93. The highest BCUT2D eigenvalue weighted by molar-refractivity contribution is 7.98. The Bertz CT molecular complexity index is 936. The number of anilines is 1. The molecule has 0 unspecified atom stereocenters. The summed E-state index contributed by atoms with van der Waals surface area (Å²) in [7, 11) is -3.38. The lowest BCUT2D eigenvalue weighted by Crippen LogP contribution is -2.41. The van der Waals surface area contributed by atoms with Crippen molar-refractivity contribution in [1.29, 1.82) is 0 Å². The van der Waals surface area contributed by atoms with Gasteiger partial charge in [-0.1, -0.05) is 30.3 Å². The predicted octanol–water partition coefficient (Wildman–Crippen LogP) is 3.90. The summed E-state index contributed by atoms with van der Waals surface area (Å²) in [6, 6.07) is 15.3. The molecule has 1 fully saturated rings.